The van der Waals surface area contributed by atoms with Crippen molar-refractivity contribution in [1.82, 2.24) is 20.2 Å². The van der Waals surface area contributed by atoms with Gasteiger partial charge in [-0.2, -0.15) is 4.57 Å². The SMILES string of the molecule is CC1S[C@@H]2C(NC(=O)/C(=N\OC3(C(=O)O)CCC3)c3csc(N)n3)C(=O)N2C(C(=O)O)=C1[n+]1ccc2sc(N)nc2c1. The third-order valence-electron chi connectivity index (χ3n) is 7.21. The lowest BCUT2D eigenvalue weighted by Crippen LogP contribution is -2.72. The van der Waals surface area contributed by atoms with Crippen molar-refractivity contribution in [2.45, 2.75) is 48.5 Å². The van der Waals surface area contributed by atoms with Crippen LogP contribution in [-0.2, 0) is 24.0 Å². The first-order chi connectivity index (χ1) is 20.0. The second kappa shape index (κ2) is 10.2. The van der Waals surface area contributed by atoms with Crippen molar-refractivity contribution < 1.29 is 38.8 Å². The van der Waals surface area contributed by atoms with Crippen molar-refractivity contribution in [3.8, 4) is 0 Å². The summed E-state index contributed by atoms with van der Waals surface area (Å²) in [6.07, 6.45) is 4.42. The third kappa shape index (κ3) is 4.51. The number of aromatic nitrogens is 3. The van der Waals surface area contributed by atoms with Crippen LogP contribution in [0.4, 0.5) is 10.3 Å². The summed E-state index contributed by atoms with van der Waals surface area (Å²) in [5.74, 6) is -3.99. The Bertz CT molecular complexity index is 1730. The van der Waals surface area contributed by atoms with Gasteiger partial charge in [0.25, 0.3) is 11.8 Å². The van der Waals surface area contributed by atoms with Crippen LogP contribution in [0.15, 0.2) is 34.7 Å². The van der Waals surface area contributed by atoms with Gasteiger partial charge in [-0.1, -0.05) is 16.5 Å². The summed E-state index contributed by atoms with van der Waals surface area (Å²) in [4.78, 5) is 65.8. The summed E-state index contributed by atoms with van der Waals surface area (Å²) in [7, 11) is 0. The highest BCUT2D eigenvalue weighted by atomic mass is 32.2. The minimum Gasteiger partial charge on any atom is -0.478 e. The maximum Gasteiger partial charge on any atom is 0.359 e. The van der Waals surface area contributed by atoms with Gasteiger partial charge in [0.15, 0.2) is 22.2 Å². The molecule has 1 aliphatic carbocycles. The van der Waals surface area contributed by atoms with Gasteiger partial charge in [0.1, 0.15) is 22.6 Å². The number of carbonyl (C=O) groups excluding carboxylic acids is 2. The monoisotopic (exact) mass is 631 g/mol. The lowest BCUT2D eigenvalue weighted by atomic mass is 9.80. The first-order valence-electron chi connectivity index (χ1n) is 12.5. The largest absolute Gasteiger partial charge is 0.478 e. The van der Waals surface area contributed by atoms with E-state index in [-0.39, 0.29) is 35.1 Å². The second-order valence-electron chi connectivity index (χ2n) is 9.78. The number of carboxylic acids is 2. The van der Waals surface area contributed by atoms with Crippen LogP contribution >= 0.6 is 34.4 Å². The summed E-state index contributed by atoms with van der Waals surface area (Å²) in [5.41, 5.74) is 10.4. The Morgan fingerprint density at radius 3 is 2.62 bits per heavy atom. The second-order valence-corrected chi connectivity index (χ2v) is 13.2. The Kier molecular flexibility index (Phi) is 6.77. The molecule has 1 saturated heterocycles. The molecule has 0 aromatic carbocycles. The van der Waals surface area contributed by atoms with Crippen LogP contribution in [0.1, 0.15) is 31.9 Å². The van der Waals surface area contributed by atoms with Crippen LogP contribution in [0.2, 0.25) is 0 Å². The number of carboxylic acid groups (broad SMARTS) is 2. The van der Waals surface area contributed by atoms with Crippen molar-refractivity contribution in [3.05, 3.63) is 35.2 Å². The molecule has 3 atom stereocenters. The number of amides is 2. The van der Waals surface area contributed by atoms with Gasteiger partial charge in [-0.25, -0.2) is 19.6 Å². The fraction of sp³-hybridized carbons (Fsp3) is 0.333. The summed E-state index contributed by atoms with van der Waals surface area (Å²) in [6, 6.07) is 0.678. The number of nitrogen functional groups attached to an aromatic ring is 2. The Hall–Kier alpha value is -4.29. The molecule has 7 N–H and O–H groups in total. The number of β-lactam (4-membered cyclic amide) rings is 1. The highest BCUT2D eigenvalue weighted by molar-refractivity contribution is 8.01. The molecule has 218 valence electrons. The predicted octanol–water partition coefficient (Wildman–Crippen LogP) is 0.675. The van der Waals surface area contributed by atoms with Crippen molar-refractivity contribution in [2.75, 3.05) is 11.5 Å². The smallest absolute Gasteiger partial charge is 0.359 e. The fourth-order valence-corrected chi connectivity index (χ4v) is 7.64. The van der Waals surface area contributed by atoms with Gasteiger partial charge < -0.3 is 31.8 Å². The number of carbonyl (C=O) groups is 4. The molecule has 6 rings (SSSR count). The van der Waals surface area contributed by atoms with E-state index in [2.05, 4.69) is 20.4 Å². The van der Waals surface area contributed by atoms with Crippen LogP contribution in [0.3, 0.4) is 0 Å². The zero-order valence-corrected chi connectivity index (χ0v) is 24.2. The van der Waals surface area contributed by atoms with Crippen LogP contribution in [0.25, 0.3) is 15.9 Å². The first kappa shape index (κ1) is 27.9. The first-order valence-corrected chi connectivity index (χ1v) is 15.2. The molecule has 0 bridgehead atoms. The van der Waals surface area contributed by atoms with E-state index < -0.39 is 46.0 Å². The minimum atomic E-state index is -1.55. The summed E-state index contributed by atoms with van der Waals surface area (Å²) < 4.78 is 2.44. The van der Waals surface area contributed by atoms with Crippen LogP contribution in [-0.4, -0.2) is 76.8 Å². The van der Waals surface area contributed by atoms with Crippen LogP contribution in [0.5, 0.6) is 0 Å². The number of thioether (sulfide) groups is 1. The van der Waals surface area contributed by atoms with Gasteiger partial charge in [-0.05, 0) is 13.3 Å². The van der Waals surface area contributed by atoms with Crippen LogP contribution < -0.4 is 21.4 Å². The lowest BCUT2D eigenvalue weighted by Gasteiger charge is -2.49. The van der Waals surface area contributed by atoms with E-state index >= 15 is 0 Å². The van der Waals surface area contributed by atoms with E-state index in [1.54, 1.807) is 30.0 Å². The number of rotatable bonds is 8. The molecule has 5 heterocycles. The topological polar surface area (TPSA) is 227 Å². The summed E-state index contributed by atoms with van der Waals surface area (Å²) in [6.45, 7) is 1.80. The number of oxime groups is 1. The lowest BCUT2D eigenvalue weighted by molar-refractivity contribution is -0.582. The number of fused-ring (bicyclic) bond motifs is 2. The number of nitrogens with two attached hydrogens (primary N) is 2. The number of hydrogen-bond acceptors (Lipinski definition) is 13. The molecule has 2 fully saturated rings. The highest BCUT2D eigenvalue weighted by Crippen LogP contribution is 2.44. The Morgan fingerprint density at radius 2 is 2.00 bits per heavy atom. The molecule has 3 aliphatic rings. The summed E-state index contributed by atoms with van der Waals surface area (Å²) >= 11 is 3.63. The Labute approximate surface area is 248 Å². The van der Waals surface area contributed by atoms with Crippen molar-refractivity contribution in [1.29, 1.82) is 0 Å². The van der Waals surface area contributed by atoms with E-state index in [1.165, 1.54) is 28.5 Å². The number of thiazole rings is 2. The normalized spacial score (nSPS) is 23.2. The molecular weight excluding hydrogens is 609 g/mol. The van der Waals surface area contributed by atoms with Crippen molar-refractivity contribution >= 4 is 90.1 Å². The van der Waals surface area contributed by atoms with Crippen molar-refractivity contribution in [3.63, 3.8) is 0 Å². The van der Waals surface area contributed by atoms with Gasteiger partial charge in [0, 0.05) is 24.3 Å². The standard InChI is InChI=1S/C24H22N8O7S3/c1-9-15(31-6-3-12-10(7-31)27-23(26)42-12)16(20(35)36)32-18(34)14(19(32)41-9)29-17(33)13(11-8-40-22(25)28-11)30-39-24(21(37)38)4-2-5-24/h3,6-9,14,19H,2,4-5H2,1H3,(H6-,25,26,27,28,29,33,35,36,37,38)/p+1/b30-13-/t9?,14?,19-/m1/s1. The van der Waals surface area contributed by atoms with Gasteiger partial charge in [0.2, 0.25) is 23.2 Å². The number of aliphatic carboxylic acids is 2. The average Bonchev–Trinajstić information content (AvgIpc) is 3.51. The number of hydrogen-bond donors (Lipinski definition) is 5. The molecule has 2 aliphatic heterocycles. The molecule has 0 radical (unpaired) electrons. The molecule has 18 heteroatoms. The molecule has 2 unspecified atom stereocenters. The van der Waals surface area contributed by atoms with Gasteiger partial charge >= 0.3 is 11.9 Å². The van der Waals surface area contributed by atoms with Gasteiger partial charge in [-0.15, -0.1) is 23.1 Å². The number of nitrogens with one attached hydrogen (secondary N) is 1. The van der Waals surface area contributed by atoms with E-state index in [1.807, 2.05) is 0 Å². The van der Waals surface area contributed by atoms with Crippen molar-refractivity contribution in [2.24, 2.45) is 5.16 Å². The maximum absolute atomic E-state index is 13.4. The van der Waals surface area contributed by atoms with Crippen LogP contribution in [0, 0.1) is 0 Å². The Balaban J connectivity index is 1.28. The van der Waals surface area contributed by atoms with Gasteiger partial charge in [-0.3, -0.25) is 14.5 Å². The molecule has 0 spiro atoms. The van der Waals surface area contributed by atoms with E-state index in [0.717, 1.165) is 20.9 Å². The number of nitrogens with zero attached hydrogens (tertiary/aromatic N) is 5. The quantitative estimate of drug-likeness (QED) is 0.100. The fourth-order valence-electron chi connectivity index (χ4n) is 4.94. The van der Waals surface area contributed by atoms with E-state index in [4.69, 9.17) is 16.3 Å². The third-order valence-corrected chi connectivity index (χ3v) is 10.1. The molecule has 15 nitrogen and oxygen atoms in total. The minimum absolute atomic E-state index is 0.0473. The molecule has 3 aromatic heterocycles. The molecule has 2 amide bonds. The Morgan fingerprint density at radius 1 is 1.24 bits per heavy atom. The zero-order valence-electron chi connectivity index (χ0n) is 21.7. The number of anilines is 2. The number of pyridine rings is 1. The molecule has 3 aromatic rings. The van der Waals surface area contributed by atoms with E-state index in [9.17, 15) is 29.4 Å². The van der Waals surface area contributed by atoms with Gasteiger partial charge in [0.05, 0.1) is 9.95 Å². The van der Waals surface area contributed by atoms with E-state index in [0.29, 0.717) is 22.8 Å². The average molecular weight is 632 g/mol. The predicted molar refractivity (Wildman–Crippen MR) is 153 cm³/mol. The zero-order chi connectivity index (χ0) is 29.9. The summed E-state index contributed by atoms with van der Waals surface area (Å²) in [5, 5.41) is 27.0. The molecule has 42 heavy (non-hydrogen) atoms. The maximum atomic E-state index is 13.4. The molecule has 1 saturated carbocycles. The molecular formula is C24H23N8O7S3+. The highest BCUT2D eigenvalue weighted by Gasteiger charge is 2.58.